The van der Waals surface area contributed by atoms with Crippen LogP contribution in [0.1, 0.15) is 32.2 Å². The fraction of sp³-hybridized carbons (Fsp3) is 0.176. The number of halogens is 3. The summed E-state index contributed by atoms with van der Waals surface area (Å²) in [5.74, 6) is -5.80. The fourth-order valence-corrected chi connectivity index (χ4v) is 2.68. The molecule has 0 fully saturated rings. The molecule has 2 aromatic carbocycles. The molecule has 2 N–H and O–H groups in total. The number of nitrogens with one attached hydrogen (secondary N) is 2. The highest BCUT2D eigenvalue weighted by Crippen LogP contribution is 2.23. The zero-order valence-electron chi connectivity index (χ0n) is 12.4. The van der Waals surface area contributed by atoms with E-state index in [1.165, 1.54) is 0 Å². The van der Waals surface area contributed by atoms with Crippen LogP contribution in [0.15, 0.2) is 36.4 Å². The van der Waals surface area contributed by atoms with E-state index < -0.39 is 28.9 Å². The van der Waals surface area contributed by atoms with E-state index in [9.17, 15) is 22.8 Å². The van der Waals surface area contributed by atoms with E-state index in [0.717, 1.165) is 11.6 Å². The van der Waals surface area contributed by atoms with Crippen molar-refractivity contribution in [3.8, 4) is 0 Å². The van der Waals surface area contributed by atoms with Crippen molar-refractivity contribution in [3.63, 3.8) is 0 Å². The molecule has 4 nitrogen and oxygen atoms in total. The number of carbonyl (C=O) groups excluding carboxylic acids is 2. The Kier molecular flexibility index (Phi) is 4.24. The maximum Gasteiger partial charge on any atom is 0.254 e. The molecule has 0 saturated carbocycles. The smallest absolute Gasteiger partial charge is 0.254 e. The van der Waals surface area contributed by atoms with Gasteiger partial charge in [0, 0.05) is 24.6 Å². The van der Waals surface area contributed by atoms with Gasteiger partial charge in [0.15, 0.2) is 17.5 Å². The van der Waals surface area contributed by atoms with Gasteiger partial charge in [-0.25, -0.2) is 13.2 Å². The van der Waals surface area contributed by atoms with Crippen LogP contribution in [0, 0.1) is 17.5 Å². The minimum absolute atomic E-state index is 0.120. The Morgan fingerprint density at radius 2 is 1.88 bits per heavy atom. The highest BCUT2D eigenvalue weighted by atomic mass is 19.2. The Morgan fingerprint density at radius 3 is 2.67 bits per heavy atom. The third-order valence-electron chi connectivity index (χ3n) is 3.94. The zero-order chi connectivity index (χ0) is 17.3. The topological polar surface area (TPSA) is 58.2 Å². The van der Waals surface area contributed by atoms with Gasteiger partial charge in [-0.15, -0.1) is 0 Å². The highest BCUT2D eigenvalue weighted by Gasteiger charge is 2.26. The molecule has 1 heterocycles. The molecule has 1 aliphatic heterocycles. The van der Waals surface area contributed by atoms with Crippen LogP contribution >= 0.6 is 0 Å². The van der Waals surface area contributed by atoms with Crippen LogP contribution in [0.3, 0.4) is 0 Å². The summed E-state index contributed by atoms with van der Waals surface area (Å²) in [6.45, 7) is 0.435. The molecule has 2 amide bonds. The normalized spacial score (nSPS) is 16.3. The van der Waals surface area contributed by atoms with E-state index in [0.29, 0.717) is 18.2 Å². The standard InChI is InChI=1S/C17H13F3N2O2/c18-13-6-5-12(14(19)15(13)20)17(24)22-8-9-7-21-16(23)11-4-2-1-3-10(9)11/h1-6,9H,7-8H2,(H,21,23)(H,22,24). The average Bonchev–Trinajstić information content (AvgIpc) is 2.59. The van der Waals surface area contributed by atoms with E-state index in [1.54, 1.807) is 24.3 Å². The molecule has 0 aliphatic carbocycles. The van der Waals surface area contributed by atoms with E-state index in [2.05, 4.69) is 10.6 Å². The van der Waals surface area contributed by atoms with Crippen molar-refractivity contribution < 1.29 is 22.8 Å². The minimum atomic E-state index is -1.68. The lowest BCUT2D eigenvalue weighted by Gasteiger charge is -2.25. The number of fused-ring (bicyclic) bond motifs is 1. The average molecular weight is 334 g/mol. The second-order valence-corrected chi connectivity index (χ2v) is 5.43. The number of carbonyl (C=O) groups is 2. The van der Waals surface area contributed by atoms with Gasteiger partial charge >= 0.3 is 0 Å². The summed E-state index contributed by atoms with van der Waals surface area (Å²) < 4.78 is 39.8. The first-order valence-electron chi connectivity index (χ1n) is 7.28. The van der Waals surface area contributed by atoms with Gasteiger partial charge < -0.3 is 10.6 Å². The summed E-state index contributed by atoms with van der Waals surface area (Å²) >= 11 is 0. The van der Waals surface area contributed by atoms with Gasteiger partial charge in [-0.1, -0.05) is 18.2 Å². The first-order valence-corrected chi connectivity index (χ1v) is 7.28. The second kappa shape index (κ2) is 6.35. The number of benzene rings is 2. The van der Waals surface area contributed by atoms with Gasteiger partial charge in [0.1, 0.15) is 0 Å². The molecule has 2 aromatic rings. The van der Waals surface area contributed by atoms with Crippen molar-refractivity contribution in [1.29, 1.82) is 0 Å². The Labute approximate surface area is 135 Å². The van der Waals surface area contributed by atoms with E-state index in [1.807, 2.05) is 0 Å². The van der Waals surface area contributed by atoms with Crippen LogP contribution in [0.2, 0.25) is 0 Å². The van der Waals surface area contributed by atoms with Crippen LogP contribution in [-0.4, -0.2) is 24.9 Å². The molecule has 0 bridgehead atoms. The van der Waals surface area contributed by atoms with Crippen molar-refractivity contribution in [2.45, 2.75) is 5.92 Å². The predicted octanol–water partition coefficient (Wildman–Crippen LogP) is 2.36. The fourth-order valence-electron chi connectivity index (χ4n) is 2.68. The molecule has 1 aliphatic rings. The van der Waals surface area contributed by atoms with Gasteiger partial charge in [-0.05, 0) is 23.8 Å². The monoisotopic (exact) mass is 334 g/mol. The number of hydrogen-bond acceptors (Lipinski definition) is 2. The van der Waals surface area contributed by atoms with Crippen LogP contribution < -0.4 is 10.6 Å². The third kappa shape index (κ3) is 2.84. The van der Waals surface area contributed by atoms with Gasteiger partial charge in [-0.3, -0.25) is 9.59 Å². The number of hydrogen-bond donors (Lipinski definition) is 2. The van der Waals surface area contributed by atoms with E-state index in [4.69, 9.17) is 0 Å². The first kappa shape index (κ1) is 16.0. The van der Waals surface area contributed by atoms with Gasteiger partial charge in [0.2, 0.25) is 0 Å². The molecule has 0 aromatic heterocycles. The van der Waals surface area contributed by atoms with Gasteiger partial charge in [0.05, 0.1) is 5.56 Å². The Morgan fingerprint density at radius 1 is 1.12 bits per heavy atom. The minimum Gasteiger partial charge on any atom is -0.351 e. The summed E-state index contributed by atoms with van der Waals surface area (Å²) in [7, 11) is 0. The molecule has 3 rings (SSSR count). The molecule has 0 spiro atoms. The Bertz CT molecular complexity index is 823. The van der Waals surface area contributed by atoms with E-state index >= 15 is 0 Å². The number of amides is 2. The lowest BCUT2D eigenvalue weighted by atomic mass is 9.90. The lowest BCUT2D eigenvalue weighted by molar-refractivity contribution is 0.0934. The van der Waals surface area contributed by atoms with Crippen molar-refractivity contribution in [1.82, 2.24) is 10.6 Å². The molecule has 1 unspecified atom stereocenters. The molecule has 0 saturated heterocycles. The Hall–Kier alpha value is -2.83. The summed E-state index contributed by atoms with van der Waals surface area (Å²) in [6, 6.07) is 8.55. The molecule has 124 valence electrons. The first-order chi connectivity index (χ1) is 11.5. The Balaban J connectivity index is 1.75. The van der Waals surface area contributed by atoms with Crippen LogP contribution in [0.5, 0.6) is 0 Å². The van der Waals surface area contributed by atoms with Gasteiger partial charge in [0.25, 0.3) is 11.8 Å². The van der Waals surface area contributed by atoms with Crippen molar-refractivity contribution in [3.05, 3.63) is 70.5 Å². The van der Waals surface area contributed by atoms with Crippen molar-refractivity contribution in [2.24, 2.45) is 0 Å². The maximum absolute atomic E-state index is 13.6. The summed E-state index contributed by atoms with van der Waals surface area (Å²) in [6.07, 6.45) is 0. The molecule has 7 heteroatoms. The molecule has 24 heavy (non-hydrogen) atoms. The lowest BCUT2D eigenvalue weighted by Crippen LogP contribution is -2.40. The predicted molar refractivity (Wildman–Crippen MR) is 80.2 cm³/mol. The molecular formula is C17H13F3N2O2. The largest absolute Gasteiger partial charge is 0.351 e. The third-order valence-corrected chi connectivity index (χ3v) is 3.94. The van der Waals surface area contributed by atoms with Crippen LogP contribution in [0.25, 0.3) is 0 Å². The highest BCUT2D eigenvalue weighted by molar-refractivity contribution is 5.97. The van der Waals surface area contributed by atoms with Gasteiger partial charge in [-0.2, -0.15) is 0 Å². The summed E-state index contributed by atoms with van der Waals surface area (Å²) in [4.78, 5) is 23.8. The summed E-state index contributed by atoms with van der Waals surface area (Å²) in [5, 5.41) is 5.20. The van der Waals surface area contributed by atoms with Crippen LogP contribution in [0.4, 0.5) is 13.2 Å². The molecule has 0 radical (unpaired) electrons. The SMILES string of the molecule is O=C1NCC(CNC(=O)c2ccc(F)c(F)c2F)c2ccccc21. The van der Waals surface area contributed by atoms with E-state index in [-0.39, 0.29) is 18.4 Å². The molecular weight excluding hydrogens is 321 g/mol. The van der Waals surface area contributed by atoms with Crippen LogP contribution in [-0.2, 0) is 0 Å². The zero-order valence-corrected chi connectivity index (χ0v) is 12.4. The molecule has 1 atom stereocenters. The maximum atomic E-state index is 13.6. The second-order valence-electron chi connectivity index (χ2n) is 5.43. The van der Waals surface area contributed by atoms with Crippen molar-refractivity contribution in [2.75, 3.05) is 13.1 Å². The summed E-state index contributed by atoms with van der Waals surface area (Å²) in [5.41, 5.74) is 0.719. The quantitative estimate of drug-likeness (QED) is 0.847. The van der Waals surface area contributed by atoms with Crippen molar-refractivity contribution >= 4 is 11.8 Å². The number of rotatable bonds is 3.